The summed E-state index contributed by atoms with van der Waals surface area (Å²) < 4.78 is 13.4. The lowest BCUT2D eigenvalue weighted by Gasteiger charge is -2.15. The molecule has 0 saturated carbocycles. The summed E-state index contributed by atoms with van der Waals surface area (Å²) >= 11 is 3.90. The van der Waals surface area contributed by atoms with E-state index in [0.717, 1.165) is 5.56 Å². The molecule has 1 amide bonds. The van der Waals surface area contributed by atoms with Crippen LogP contribution in [0.25, 0.3) is 0 Å². The number of hydrogen-bond donors (Lipinski definition) is 1. The summed E-state index contributed by atoms with van der Waals surface area (Å²) in [5, 5.41) is 2.95. The van der Waals surface area contributed by atoms with E-state index < -0.39 is 0 Å². The lowest BCUT2D eigenvalue weighted by Crippen LogP contribution is -2.26. The smallest absolute Gasteiger partial charge is 0.251 e. The zero-order chi connectivity index (χ0) is 16.2. The van der Waals surface area contributed by atoms with Crippen LogP contribution in [0.2, 0.25) is 0 Å². The molecule has 2 nitrogen and oxygen atoms in total. The summed E-state index contributed by atoms with van der Waals surface area (Å²) in [5.74, 6) is 1.99. The van der Waals surface area contributed by atoms with Gasteiger partial charge in [-0.3, -0.25) is 4.79 Å². The predicted octanol–water partition coefficient (Wildman–Crippen LogP) is 4.80. The Morgan fingerprint density at radius 1 is 1.09 bits per heavy atom. The third kappa shape index (κ3) is 4.09. The molecule has 1 saturated heterocycles. The maximum atomic E-state index is 13.0. The van der Waals surface area contributed by atoms with Crippen LogP contribution in [0.4, 0.5) is 4.39 Å². The van der Waals surface area contributed by atoms with Crippen molar-refractivity contribution in [3.8, 4) is 0 Å². The van der Waals surface area contributed by atoms with Gasteiger partial charge in [0.25, 0.3) is 5.91 Å². The number of thioether (sulfide) groups is 2. The quantitative estimate of drug-likeness (QED) is 0.862. The molecule has 23 heavy (non-hydrogen) atoms. The van der Waals surface area contributed by atoms with Crippen molar-refractivity contribution < 1.29 is 9.18 Å². The summed E-state index contributed by atoms with van der Waals surface area (Å²) in [6, 6.07) is 13.9. The van der Waals surface area contributed by atoms with Gasteiger partial charge in [0, 0.05) is 17.1 Å². The van der Waals surface area contributed by atoms with Crippen LogP contribution in [0.5, 0.6) is 0 Å². The Balaban J connectivity index is 1.64. The van der Waals surface area contributed by atoms with Gasteiger partial charge in [-0.25, -0.2) is 4.39 Å². The monoisotopic (exact) mass is 347 g/mol. The molecule has 1 fully saturated rings. The van der Waals surface area contributed by atoms with Crippen molar-refractivity contribution in [2.45, 2.75) is 17.5 Å². The Kier molecular flexibility index (Phi) is 5.28. The highest BCUT2D eigenvalue weighted by atomic mass is 32.2. The van der Waals surface area contributed by atoms with Crippen molar-refractivity contribution in [2.75, 3.05) is 11.5 Å². The lowest BCUT2D eigenvalue weighted by atomic mass is 10.1. The largest absolute Gasteiger partial charge is 0.346 e. The number of rotatable bonds is 4. The highest BCUT2D eigenvalue weighted by Gasteiger charge is 2.18. The molecule has 0 aromatic heterocycles. The topological polar surface area (TPSA) is 29.1 Å². The minimum atomic E-state index is -0.273. The van der Waals surface area contributed by atoms with E-state index in [1.807, 2.05) is 54.7 Å². The Bertz CT molecular complexity index is 666. The van der Waals surface area contributed by atoms with Crippen LogP contribution >= 0.6 is 23.5 Å². The molecule has 0 radical (unpaired) electrons. The summed E-state index contributed by atoms with van der Waals surface area (Å²) in [7, 11) is 0. The zero-order valence-corrected chi connectivity index (χ0v) is 14.4. The van der Waals surface area contributed by atoms with Crippen LogP contribution in [0.1, 0.15) is 39.0 Å². The Morgan fingerprint density at radius 3 is 2.30 bits per heavy atom. The van der Waals surface area contributed by atoms with Gasteiger partial charge in [0.15, 0.2) is 0 Å². The van der Waals surface area contributed by atoms with Gasteiger partial charge in [-0.1, -0.05) is 24.3 Å². The first-order chi connectivity index (χ1) is 11.1. The molecule has 0 bridgehead atoms. The van der Waals surface area contributed by atoms with Gasteiger partial charge in [-0.05, 0) is 42.3 Å². The fourth-order valence-electron chi connectivity index (χ4n) is 2.46. The normalized spacial score (nSPS) is 16.3. The maximum Gasteiger partial charge on any atom is 0.251 e. The second kappa shape index (κ2) is 7.41. The second-order valence-electron chi connectivity index (χ2n) is 5.44. The van der Waals surface area contributed by atoms with Crippen molar-refractivity contribution in [3.05, 3.63) is 71.0 Å². The highest BCUT2D eigenvalue weighted by Crippen LogP contribution is 2.45. The van der Waals surface area contributed by atoms with E-state index in [9.17, 15) is 9.18 Å². The molecule has 0 unspecified atom stereocenters. The molecule has 5 heteroatoms. The van der Waals surface area contributed by atoms with Crippen LogP contribution in [-0.2, 0) is 0 Å². The van der Waals surface area contributed by atoms with Crippen LogP contribution < -0.4 is 5.32 Å². The fourth-order valence-corrected chi connectivity index (χ4v) is 5.32. The average Bonchev–Trinajstić information content (AvgIpc) is 3.10. The van der Waals surface area contributed by atoms with E-state index in [0.29, 0.717) is 10.1 Å². The first-order valence-corrected chi connectivity index (χ1v) is 9.63. The van der Waals surface area contributed by atoms with Crippen molar-refractivity contribution in [1.82, 2.24) is 5.32 Å². The number of nitrogens with one attached hydrogen (secondary N) is 1. The molecule has 1 aliphatic rings. The summed E-state index contributed by atoms with van der Waals surface area (Å²) in [6.45, 7) is 1.89. The molecule has 3 rings (SSSR count). The van der Waals surface area contributed by atoms with Crippen LogP contribution in [0.15, 0.2) is 48.5 Å². The van der Waals surface area contributed by atoms with Crippen LogP contribution in [-0.4, -0.2) is 17.4 Å². The molecule has 2 aromatic carbocycles. The van der Waals surface area contributed by atoms with Crippen molar-refractivity contribution in [2.24, 2.45) is 0 Å². The number of halogens is 1. The van der Waals surface area contributed by atoms with Crippen molar-refractivity contribution in [1.29, 1.82) is 0 Å². The van der Waals surface area contributed by atoms with Gasteiger partial charge < -0.3 is 5.32 Å². The van der Waals surface area contributed by atoms with Gasteiger partial charge in [0.2, 0.25) is 0 Å². The number of carbonyl (C=O) groups is 1. The van der Waals surface area contributed by atoms with Crippen molar-refractivity contribution in [3.63, 3.8) is 0 Å². The minimum absolute atomic E-state index is 0.111. The number of carbonyl (C=O) groups excluding carboxylic acids is 1. The van der Waals surface area contributed by atoms with Crippen LogP contribution in [0, 0.1) is 5.82 Å². The molecule has 1 N–H and O–H groups in total. The Labute approximate surface area is 144 Å². The van der Waals surface area contributed by atoms with E-state index >= 15 is 0 Å². The molecular formula is C18H18FNOS2. The zero-order valence-electron chi connectivity index (χ0n) is 12.8. The van der Waals surface area contributed by atoms with Crippen LogP contribution in [0.3, 0.4) is 0 Å². The lowest BCUT2D eigenvalue weighted by molar-refractivity contribution is 0.0940. The standard InChI is InChI=1S/C18H18FNOS2/c1-12(13-6-8-16(19)9-7-13)20-17(21)14-2-4-15(5-3-14)18-22-10-11-23-18/h2-9,12,18H,10-11H2,1H3,(H,20,21)/t12-/m1/s1. The number of benzene rings is 2. The first kappa shape index (κ1) is 16.4. The van der Waals surface area contributed by atoms with E-state index in [1.54, 1.807) is 12.1 Å². The summed E-state index contributed by atoms with van der Waals surface area (Å²) in [5.41, 5.74) is 2.80. The predicted molar refractivity (Wildman–Crippen MR) is 96.4 cm³/mol. The Hall–Kier alpha value is -1.46. The van der Waals surface area contributed by atoms with E-state index in [1.165, 1.54) is 29.2 Å². The second-order valence-corrected chi connectivity index (χ2v) is 8.17. The Morgan fingerprint density at radius 2 is 1.70 bits per heavy atom. The van der Waals surface area contributed by atoms with E-state index in [2.05, 4.69) is 5.32 Å². The summed E-state index contributed by atoms with van der Waals surface area (Å²) in [4.78, 5) is 12.3. The molecule has 0 spiro atoms. The number of hydrogen-bond acceptors (Lipinski definition) is 3. The third-order valence-electron chi connectivity index (χ3n) is 3.78. The van der Waals surface area contributed by atoms with Gasteiger partial charge >= 0.3 is 0 Å². The highest BCUT2D eigenvalue weighted by molar-refractivity contribution is 8.19. The van der Waals surface area contributed by atoms with E-state index in [-0.39, 0.29) is 17.8 Å². The minimum Gasteiger partial charge on any atom is -0.346 e. The molecular weight excluding hydrogens is 329 g/mol. The first-order valence-electron chi connectivity index (χ1n) is 7.53. The van der Waals surface area contributed by atoms with Gasteiger partial charge in [-0.2, -0.15) is 0 Å². The SMILES string of the molecule is C[C@@H](NC(=O)c1ccc(C2SCCS2)cc1)c1ccc(F)cc1. The molecule has 1 atom stereocenters. The van der Waals surface area contributed by atoms with Gasteiger partial charge in [0.1, 0.15) is 5.82 Å². The third-order valence-corrected chi connectivity index (χ3v) is 6.89. The molecule has 0 aliphatic carbocycles. The van der Waals surface area contributed by atoms with E-state index in [4.69, 9.17) is 0 Å². The molecule has 1 heterocycles. The molecule has 120 valence electrons. The maximum absolute atomic E-state index is 13.0. The summed E-state index contributed by atoms with van der Waals surface area (Å²) in [6.07, 6.45) is 0. The fraction of sp³-hybridized carbons (Fsp3) is 0.278. The molecule has 2 aromatic rings. The van der Waals surface area contributed by atoms with Gasteiger partial charge in [0.05, 0.1) is 10.6 Å². The average molecular weight is 347 g/mol. The molecule has 1 aliphatic heterocycles. The van der Waals surface area contributed by atoms with Gasteiger partial charge in [-0.15, -0.1) is 23.5 Å². The van der Waals surface area contributed by atoms with Crippen molar-refractivity contribution >= 4 is 29.4 Å². The number of amides is 1.